The summed E-state index contributed by atoms with van der Waals surface area (Å²) in [6.45, 7) is 2.11. The predicted octanol–water partition coefficient (Wildman–Crippen LogP) is -1.00. The predicted molar refractivity (Wildman–Crippen MR) is 59.4 cm³/mol. The van der Waals surface area contributed by atoms with Gasteiger partial charge in [0.25, 0.3) is 0 Å². The summed E-state index contributed by atoms with van der Waals surface area (Å²) in [6.07, 6.45) is 3.01. The number of fused-ring (bicyclic) bond motifs is 1. The molecule has 0 aliphatic heterocycles. The lowest BCUT2D eigenvalue weighted by molar-refractivity contribution is -0.413. The van der Waals surface area contributed by atoms with Crippen LogP contribution in [0.1, 0.15) is 12.5 Å². The minimum atomic E-state index is 0. The SMILES string of the molecule is CC([NH3+])Cc1c[nH]c2c(Cl)cccc12.[Cl-]. The number of aromatic nitrogens is 1. The second kappa shape index (κ2) is 4.88. The number of quaternary nitrogens is 1. The van der Waals surface area contributed by atoms with E-state index in [0.717, 1.165) is 17.0 Å². The average Bonchev–Trinajstić information content (AvgIpc) is 2.49. The van der Waals surface area contributed by atoms with Crippen LogP contribution in [0.25, 0.3) is 10.9 Å². The molecule has 1 aromatic carbocycles. The molecule has 4 N–H and O–H groups in total. The second-order valence-electron chi connectivity index (χ2n) is 3.79. The maximum atomic E-state index is 6.06. The van der Waals surface area contributed by atoms with E-state index in [1.54, 1.807) is 0 Å². The molecule has 1 unspecified atom stereocenters. The Morgan fingerprint density at radius 2 is 2.20 bits per heavy atom. The Kier molecular flexibility index (Phi) is 4.03. The van der Waals surface area contributed by atoms with Crippen LogP contribution in [0.2, 0.25) is 5.02 Å². The Morgan fingerprint density at radius 3 is 2.87 bits per heavy atom. The zero-order chi connectivity index (χ0) is 10.1. The highest BCUT2D eigenvalue weighted by Gasteiger charge is 2.08. The van der Waals surface area contributed by atoms with Crippen molar-refractivity contribution in [1.29, 1.82) is 0 Å². The Hall–Kier alpha value is -0.700. The Labute approximate surface area is 100 Å². The molecule has 0 fully saturated rings. The number of rotatable bonds is 2. The smallest absolute Gasteiger partial charge is 0.0856 e. The van der Waals surface area contributed by atoms with E-state index < -0.39 is 0 Å². The fourth-order valence-electron chi connectivity index (χ4n) is 1.72. The third kappa shape index (κ3) is 2.46. The van der Waals surface area contributed by atoms with Crippen LogP contribution in [0, 0.1) is 0 Å². The van der Waals surface area contributed by atoms with Crippen LogP contribution in [0.15, 0.2) is 24.4 Å². The summed E-state index contributed by atoms with van der Waals surface area (Å²) in [5, 5.41) is 2.00. The topological polar surface area (TPSA) is 43.4 Å². The standard InChI is InChI=1S/C11H13ClN2.ClH/c1-7(13)5-8-6-14-11-9(8)3-2-4-10(11)12;/h2-4,6-7,14H,5,13H2,1H3;1H. The number of aromatic amines is 1. The van der Waals surface area contributed by atoms with Crippen molar-refractivity contribution in [2.45, 2.75) is 19.4 Å². The highest BCUT2D eigenvalue weighted by Crippen LogP contribution is 2.25. The van der Waals surface area contributed by atoms with Crippen molar-refractivity contribution in [3.63, 3.8) is 0 Å². The van der Waals surface area contributed by atoms with E-state index in [9.17, 15) is 0 Å². The minimum Gasteiger partial charge on any atom is -1.00 e. The molecule has 0 saturated heterocycles. The molecule has 0 radical (unpaired) electrons. The molecule has 0 spiro atoms. The molecule has 1 heterocycles. The molecule has 4 heteroatoms. The molecule has 15 heavy (non-hydrogen) atoms. The van der Waals surface area contributed by atoms with Crippen LogP contribution < -0.4 is 18.1 Å². The zero-order valence-electron chi connectivity index (χ0n) is 8.56. The number of H-pyrrole nitrogens is 1. The first-order valence-electron chi connectivity index (χ1n) is 4.76. The first-order chi connectivity index (χ1) is 6.68. The molecule has 2 nitrogen and oxygen atoms in total. The number of hydrogen-bond donors (Lipinski definition) is 2. The van der Waals surface area contributed by atoms with Crippen LogP contribution in [-0.2, 0) is 6.42 Å². The largest absolute Gasteiger partial charge is 1.00 e. The zero-order valence-corrected chi connectivity index (χ0v) is 10.1. The molecule has 82 valence electrons. The summed E-state index contributed by atoms with van der Waals surface area (Å²) in [6, 6.07) is 6.40. The summed E-state index contributed by atoms with van der Waals surface area (Å²) in [5.41, 5.74) is 6.32. The summed E-state index contributed by atoms with van der Waals surface area (Å²) in [5.74, 6) is 0. The van der Waals surface area contributed by atoms with Gasteiger partial charge in [-0.3, -0.25) is 0 Å². The normalized spacial score (nSPS) is 12.5. The number of para-hydroxylation sites is 1. The first kappa shape index (κ1) is 12.4. The van der Waals surface area contributed by atoms with Crippen molar-refractivity contribution in [3.05, 3.63) is 35.0 Å². The molecule has 0 bridgehead atoms. The van der Waals surface area contributed by atoms with Gasteiger partial charge in [-0.1, -0.05) is 23.7 Å². The highest BCUT2D eigenvalue weighted by atomic mass is 35.5. The van der Waals surface area contributed by atoms with Gasteiger partial charge in [0.15, 0.2) is 0 Å². The molecule has 0 aliphatic rings. The highest BCUT2D eigenvalue weighted by molar-refractivity contribution is 6.35. The maximum Gasteiger partial charge on any atom is 0.0856 e. The van der Waals surface area contributed by atoms with Crippen LogP contribution in [0.3, 0.4) is 0 Å². The Balaban J connectivity index is 0.00000112. The fraction of sp³-hybridized carbons (Fsp3) is 0.273. The van der Waals surface area contributed by atoms with E-state index >= 15 is 0 Å². The minimum absolute atomic E-state index is 0. The average molecular weight is 245 g/mol. The summed E-state index contributed by atoms with van der Waals surface area (Å²) in [4.78, 5) is 3.20. The van der Waals surface area contributed by atoms with Crippen molar-refractivity contribution in [1.82, 2.24) is 4.98 Å². The summed E-state index contributed by atoms with van der Waals surface area (Å²) in [7, 11) is 0. The number of hydrogen-bond acceptors (Lipinski definition) is 0. The lowest BCUT2D eigenvalue weighted by atomic mass is 10.1. The first-order valence-corrected chi connectivity index (χ1v) is 5.14. The van der Waals surface area contributed by atoms with Gasteiger partial charge in [0.1, 0.15) is 0 Å². The third-order valence-corrected chi connectivity index (χ3v) is 2.63. The van der Waals surface area contributed by atoms with Gasteiger partial charge in [-0.15, -0.1) is 0 Å². The molecule has 1 atom stereocenters. The van der Waals surface area contributed by atoms with Crippen molar-refractivity contribution >= 4 is 22.5 Å². The maximum absolute atomic E-state index is 6.06. The molecule has 2 aromatic rings. The molecule has 1 aromatic heterocycles. The fourth-order valence-corrected chi connectivity index (χ4v) is 1.95. The van der Waals surface area contributed by atoms with Gasteiger partial charge in [0.2, 0.25) is 0 Å². The van der Waals surface area contributed by atoms with Gasteiger partial charge in [0, 0.05) is 18.0 Å². The van der Waals surface area contributed by atoms with Gasteiger partial charge in [0.05, 0.1) is 16.6 Å². The van der Waals surface area contributed by atoms with Gasteiger partial charge in [-0.25, -0.2) is 0 Å². The monoisotopic (exact) mass is 244 g/mol. The van der Waals surface area contributed by atoms with E-state index in [-0.39, 0.29) is 12.4 Å². The van der Waals surface area contributed by atoms with Crippen LogP contribution in [0.5, 0.6) is 0 Å². The molecule has 0 amide bonds. The van der Waals surface area contributed by atoms with Gasteiger partial charge < -0.3 is 23.1 Å². The number of nitrogens with one attached hydrogen (secondary N) is 1. The molecular weight excluding hydrogens is 231 g/mol. The van der Waals surface area contributed by atoms with E-state index in [2.05, 4.69) is 23.7 Å². The van der Waals surface area contributed by atoms with Crippen LogP contribution >= 0.6 is 11.6 Å². The molecule has 0 saturated carbocycles. The van der Waals surface area contributed by atoms with Crippen molar-refractivity contribution in [2.24, 2.45) is 0 Å². The second-order valence-corrected chi connectivity index (χ2v) is 4.19. The van der Waals surface area contributed by atoms with Crippen molar-refractivity contribution < 1.29 is 18.1 Å². The number of benzene rings is 1. The molecular formula is C11H14Cl2N2. The quantitative estimate of drug-likeness (QED) is 0.681. The Bertz CT molecular complexity index is 449. The molecule has 0 aliphatic carbocycles. The van der Waals surface area contributed by atoms with Crippen molar-refractivity contribution in [2.75, 3.05) is 0 Å². The van der Waals surface area contributed by atoms with E-state index in [1.165, 1.54) is 10.9 Å². The summed E-state index contributed by atoms with van der Waals surface area (Å²) >= 11 is 6.06. The Morgan fingerprint density at radius 1 is 1.47 bits per heavy atom. The molecule has 2 rings (SSSR count). The van der Waals surface area contributed by atoms with E-state index in [1.807, 2.05) is 18.3 Å². The van der Waals surface area contributed by atoms with E-state index in [0.29, 0.717) is 6.04 Å². The number of halogens is 2. The van der Waals surface area contributed by atoms with Crippen LogP contribution in [-0.4, -0.2) is 11.0 Å². The van der Waals surface area contributed by atoms with Gasteiger partial charge in [-0.2, -0.15) is 0 Å². The van der Waals surface area contributed by atoms with Gasteiger partial charge in [-0.05, 0) is 18.6 Å². The summed E-state index contributed by atoms with van der Waals surface area (Å²) < 4.78 is 0. The third-order valence-electron chi connectivity index (χ3n) is 2.32. The lowest BCUT2D eigenvalue weighted by Gasteiger charge is -2.00. The van der Waals surface area contributed by atoms with Crippen LogP contribution in [0.4, 0.5) is 0 Å². The lowest BCUT2D eigenvalue weighted by Crippen LogP contribution is -3.00. The van der Waals surface area contributed by atoms with Gasteiger partial charge >= 0.3 is 0 Å². The van der Waals surface area contributed by atoms with E-state index in [4.69, 9.17) is 11.6 Å². The van der Waals surface area contributed by atoms with Crippen molar-refractivity contribution in [3.8, 4) is 0 Å².